The largest absolute Gasteiger partial charge is 0.339 e. The Kier molecular flexibility index (Phi) is 7.69. The predicted octanol–water partition coefficient (Wildman–Crippen LogP) is 2.52. The molecular weight excluding hydrogens is 426 g/mol. The van der Waals surface area contributed by atoms with E-state index in [1.165, 1.54) is 5.56 Å². The van der Waals surface area contributed by atoms with Gasteiger partial charge in [0.1, 0.15) is 0 Å². The zero-order valence-corrected chi connectivity index (χ0v) is 19.7. The molecule has 1 aliphatic rings. The molecule has 1 saturated heterocycles. The molecule has 2 amide bonds. The molecule has 0 bridgehead atoms. The molecule has 0 aliphatic carbocycles. The van der Waals surface area contributed by atoms with E-state index in [-0.39, 0.29) is 29.7 Å². The number of hydrogen-bond donors (Lipinski definition) is 1. The summed E-state index contributed by atoms with van der Waals surface area (Å²) in [6.07, 6.45) is 1.01. The van der Waals surface area contributed by atoms with Gasteiger partial charge in [0.2, 0.25) is 15.9 Å². The second kappa shape index (κ2) is 10.3. The van der Waals surface area contributed by atoms with E-state index >= 15 is 0 Å². The molecule has 0 radical (unpaired) electrons. The van der Waals surface area contributed by atoms with Crippen molar-refractivity contribution in [3.05, 3.63) is 64.7 Å². The quantitative estimate of drug-likeness (QED) is 0.692. The van der Waals surface area contributed by atoms with Crippen LogP contribution >= 0.6 is 0 Å². The van der Waals surface area contributed by atoms with Crippen molar-refractivity contribution in [3.63, 3.8) is 0 Å². The first kappa shape index (κ1) is 23.9. The molecule has 0 atom stereocenters. The van der Waals surface area contributed by atoms with E-state index < -0.39 is 10.0 Å². The van der Waals surface area contributed by atoms with E-state index in [1.54, 1.807) is 28.0 Å². The molecular formula is C24H31N3O4S. The smallest absolute Gasteiger partial charge is 0.253 e. The predicted molar refractivity (Wildman–Crippen MR) is 124 cm³/mol. The Labute approximate surface area is 190 Å². The highest BCUT2D eigenvalue weighted by atomic mass is 32.2. The van der Waals surface area contributed by atoms with Crippen molar-refractivity contribution in [2.75, 3.05) is 32.7 Å². The number of rotatable bonds is 7. The number of nitrogens with one attached hydrogen (secondary N) is 1. The minimum absolute atomic E-state index is 0.0269. The van der Waals surface area contributed by atoms with Gasteiger partial charge in [-0.2, -0.15) is 0 Å². The maximum Gasteiger partial charge on any atom is 0.253 e. The molecule has 7 nitrogen and oxygen atoms in total. The Hall–Kier alpha value is -2.71. The van der Waals surface area contributed by atoms with E-state index in [1.807, 2.05) is 38.1 Å². The van der Waals surface area contributed by atoms with Crippen LogP contribution in [0.15, 0.2) is 47.4 Å². The number of sulfonamides is 1. The van der Waals surface area contributed by atoms with Crippen molar-refractivity contribution in [1.29, 1.82) is 0 Å². The molecule has 0 spiro atoms. The van der Waals surface area contributed by atoms with Crippen molar-refractivity contribution in [2.24, 2.45) is 0 Å². The van der Waals surface area contributed by atoms with Crippen LogP contribution in [0, 0.1) is 13.8 Å². The van der Waals surface area contributed by atoms with Gasteiger partial charge in [-0.25, -0.2) is 13.1 Å². The van der Waals surface area contributed by atoms with Crippen molar-refractivity contribution in [1.82, 2.24) is 14.5 Å². The SMILES string of the molecule is CCc1ccc(C(=O)N2CCN(C(=O)CCNS(=O)(=O)c3ccc(C)c(C)c3)CC2)cc1. The molecule has 32 heavy (non-hydrogen) atoms. The van der Waals surface area contributed by atoms with Gasteiger partial charge in [0.25, 0.3) is 5.91 Å². The minimum Gasteiger partial charge on any atom is -0.339 e. The zero-order chi connectivity index (χ0) is 23.3. The van der Waals surface area contributed by atoms with Crippen LogP contribution in [0.3, 0.4) is 0 Å². The summed E-state index contributed by atoms with van der Waals surface area (Å²) >= 11 is 0. The highest BCUT2D eigenvalue weighted by Gasteiger charge is 2.25. The lowest BCUT2D eigenvalue weighted by molar-refractivity contribution is -0.132. The number of nitrogens with zero attached hydrogens (tertiary/aromatic N) is 2. The van der Waals surface area contributed by atoms with Crippen LogP contribution in [0.2, 0.25) is 0 Å². The number of carbonyl (C=O) groups is 2. The summed E-state index contributed by atoms with van der Waals surface area (Å²) in [5.74, 6) is -0.145. The third-order valence-corrected chi connectivity index (χ3v) is 7.41. The van der Waals surface area contributed by atoms with Gasteiger partial charge in [0.15, 0.2) is 0 Å². The fourth-order valence-corrected chi connectivity index (χ4v) is 4.76. The average molecular weight is 458 g/mol. The molecule has 2 aromatic carbocycles. The summed E-state index contributed by atoms with van der Waals surface area (Å²) < 4.78 is 27.4. The summed E-state index contributed by atoms with van der Waals surface area (Å²) in [6, 6.07) is 12.6. The minimum atomic E-state index is -3.66. The topological polar surface area (TPSA) is 86.8 Å². The Balaban J connectivity index is 1.47. The third kappa shape index (κ3) is 5.75. The van der Waals surface area contributed by atoms with Crippen LogP contribution in [-0.4, -0.2) is 62.8 Å². The summed E-state index contributed by atoms with van der Waals surface area (Å²) in [5.41, 5.74) is 3.76. The van der Waals surface area contributed by atoms with Crippen LogP contribution in [0.4, 0.5) is 0 Å². The lowest BCUT2D eigenvalue weighted by atomic mass is 10.1. The number of carbonyl (C=O) groups excluding carboxylic acids is 2. The van der Waals surface area contributed by atoms with Gasteiger partial charge in [-0.3, -0.25) is 9.59 Å². The van der Waals surface area contributed by atoms with Crippen molar-refractivity contribution in [2.45, 2.75) is 38.5 Å². The lowest BCUT2D eigenvalue weighted by Gasteiger charge is -2.35. The normalized spacial score (nSPS) is 14.5. The fourth-order valence-electron chi connectivity index (χ4n) is 3.64. The van der Waals surface area contributed by atoms with Crippen LogP contribution in [0.25, 0.3) is 0 Å². The third-order valence-electron chi connectivity index (χ3n) is 5.95. The lowest BCUT2D eigenvalue weighted by Crippen LogP contribution is -2.51. The summed E-state index contributed by atoms with van der Waals surface area (Å²) in [5, 5.41) is 0. The van der Waals surface area contributed by atoms with Gasteiger partial charge in [0.05, 0.1) is 4.90 Å². The van der Waals surface area contributed by atoms with Gasteiger partial charge < -0.3 is 9.80 Å². The van der Waals surface area contributed by atoms with Crippen LogP contribution in [0.1, 0.15) is 40.4 Å². The molecule has 1 heterocycles. The molecule has 0 saturated carbocycles. The van der Waals surface area contributed by atoms with E-state index in [4.69, 9.17) is 0 Å². The fraction of sp³-hybridized carbons (Fsp3) is 0.417. The Morgan fingerprint density at radius 1 is 0.906 bits per heavy atom. The molecule has 1 N–H and O–H groups in total. The Bertz CT molecular complexity index is 1070. The van der Waals surface area contributed by atoms with E-state index in [0.29, 0.717) is 31.7 Å². The van der Waals surface area contributed by atoms with Crippen LogP contribution in [-0.2, 0) is 21.2 Å². The van der Waals surface area contributed by atoms with Gasteiger partial charge >= 0.3 is 0 Å². The number of benzene rings is 2. The first-order valence-electron chi connectivity index (χ1n) is 10.9. The Morgan fingerprint density at radius 2 is 1.53 bits per heavy atom. The average Bonchev–Trinajstić information content (AvgIpc) is 2.80. The van der Waals surface area contributed by atoms with Gasteiger partial charge in [-0.05, 0) is 61.2 Å². The van der Waals surface area contributed by atoms with Crippen molar-refractivity contribution >= 4 is 21.8 Å². The second-order valence-corrected chi connectivity index (χ2v) is 9.88. The van der Waals surface area contributed by atoms with Crippen LogP contribution in [0.5, 0.6) is 0 Å². The Morgan fingerprint density at radius 3 is 2.12 bits per heavy atom. The summed E-state index contributed by atoms with van der Waals surface area (Å²) in [4.78, 5) is 28.9. The van der Waals surface area contributed by atoms with E-state index in [0.717, 1.165) is 17.5 Å². The molecule has 0 aromatic heterocycles. The van der Waals surface area contributed by atoms with Crippen molar-refractivity contribution < 1.29 is 18.0 Å². The van der Waals surface area contributed by atoms with E-state index in [9.17, 15) is 18.0 Å². The maximum atomic E-state index is 12.7. The maximum absolute atomic E-state index is 12.7. The summed E-state index contributed by atoms with van der Waals surface area (Å²) in [7, 11) is -3.66. The monoisotopic (exact) mass is 457 g/mol. The van der Waals surface area contributed by atoms with Gasteiger partial charge in [-0.1, -0.05) is 25.1 Å². The second-order valence-electron chi connectivity index (χ2n) is 8.12. The molecule has 8 heteroatoms. The van der Waals surface area contributed by atoms with Gasteiger partial charge in [0, 0.05) is 44.7 Å². The number of amides is 2. The highest BCUT2D eigenvalue weighted by molar-refractivity contribution is 7.89. The standard InChI is InChI=1S/C24H31N3O4S/c1-4-20-6-8-21(9-7-20)24(29)27-15-13-26(14-16-27)23(28)11-12-25-32(30,31)22-10-5-18(2)19(3)17-22/h5-10,17,25H,4,11-16H2,1-3H3. The zero-order valence-electron chi connectivity index (χ0n) is 18.9. The first-order chi connectivity index (χ1) is 15.2. The molecule has 3 rings (SSSR count). The molecule has 0 unspecified atom stereocenters. The van der Waals surface area contributed by atoms with Crippen LogP contribution < -0.4 is 4.72 Å². The van der Waals surface area contributed by atoms with E-state index in [2.05, 4.69) is 11.6 Å². The first-order valence-corrected chi connectivity index (χ1v) is 12.4. The van der Waals surface area contributed by atoms with Gasteiger partial charge in [-0.15, -0.1) is 0 Å². The number of hydrogen-bond acceptors (Lipinski definition) is 4. The summed E-state index contributed by atoms with van der Waals surface area (Å²) in [6.45, 7) is 7.72. The molecule has 172 valence electrons. The number of piperazine rings is 1. The molecule has 1 fully saturated rings. The molecule has 1 aliphatic heterocycles. The number of aryl methyl sites for hydroxylation is 3. The highest BCUT2D eigenvalue weighted by Crippen LogP contribution is 2.15. The molecule has 2 aromatic rings. The van der Waals surface area contributed by atoms with Crippen molar-refractivity contribution in [3.8, 4) is 0 Å².